The van der Waals surface area contributed by atoms with Gasteiger partial charge >= 0.3 is 0 Å². The maximum Gasteiger partial charge on any atom is 0.127 e. The monoisotopic (exact) mass is 960 g/mol. The third-order valence-electron chi connectivity index (χ3n) is 17.0. The average Bonchev–Trinajstić information content (AvgIpc) is 3.77. The fraction of sp³-hybridized carbons (Fsp3) is 0.473. The largest absolute Gasteiger partial charge is 0.507 e. The Labute approximate surface area is 376 Å². The van der Waals surface area contributed by atoms with Crippen molar-refractivity contribution < 1.29 is 36.1 Å². The molecule has 2 N–H and O–H groups in total. The maximum absolute atomic E-state index is 12.5. The zero-order valence-electron chi connectivity index (χ0n) is 35.6. The second kappa shape index (κ2) is 14.7. The Morgan fingerprint density at radius 2 is 0.833 bits per heavy atom. The van der Waals surface area contributed by atoms with Crippen LogP contribution in [-0.2, 0) is 36.7 Å². The number of phenolic OH excluding ortho intramolecular Hbond substituents is 2. The van der Waals surface area contributed by atoms with E-state index >= 15 is 0 Å². The van der Waals surface area contributed by atoms with Gasteiger partial charge in [0, 0.05) is 78.0 Å². The van der Waals surface area contributed by atoms with E-state index in [2.05, 4.69) is 104 Å². The van der Waals surface area contributed by atoms with Crippen LogP contribution in [0.1, 0.15) is 112 Å². The quantitative estimate of drug-likeness (QED) is 0.160. The Balaban J connectivity index is 0.00000408. The molecule has 1 saturated heterocycles. The van der Waals surface area contributed by atoms with Gasteiger partial charge in [-0.15, -0.1) is 0 Å². The minimum Gasteiger partial charge on any atom is -0.507 e. The minimum atomic E-state index is 0. The number of nitrogens with zero attached hydrogens (tertiary/aromatic N) is 2. The first-order chi connectivity index (χ1) is 28.7. The van der Waals surface area contributed by atoms with Crippen molar-refractivity contribution in [1.82, 2.24) is 4.98 Å². The SMILES string of the molecule is Cc1cc(-c2ccccc2-c2cc(N3CCCC3)cc(-c3ccccc3-c3cc(C)cc(C45CC6CC(CC(C6)C4)C5)c3O)n2)c(O)c(C23CC4CC(CC(C4)C2)C3)c1.[Hf]. The predicted octanol–water partition coefficient (Wildman–Crippen LogP) is 13.3. The number of hydrogen-bond acceptors (Lipinski definition) is 4. The Morgan fingerprint density at radius 1 is 0.483 bits per heavy atom. The standard InChI is InChI=1S/C55H60N2O2.Hf/c1-33-15-46(52(58)48(17-33)54-27-35-19-36(28-54)21-37(20-35)29-54)42-9-3-5-11-44(42)50-25-41(57-13-7-8-14-57)26-51(56-50)45-12-6-4-10-43(45)47-16-34(2)18-49(53(47)59)55-30-38-22-39(31-55)24-40(23-38)32-55;/h3-6,9-12,15-18,25-26,35-40,58-59H,7-8,13-14,19-24,27-32H2,1-2H3;. The van der Waals surface area contributed by atoms with Crippen LogP contribution in [0.5, 0.6) is 11.5 Å². The average molecular weight is 960 g/mol. The molecule has 2 heterocycles. The molecule has 5 heteroatoms. The van der Waals surface area contributed by atoms with E-state index in [1.807, 2.05) is 0 Å². The molecular formula is C55H60HfN2O2. The van der Waals surface area contributed by atoms with E-state index < -0.39 is 0 Å². The Kier molecular flexibility index (Phi) is 9.60. The van der Waals surface area contributed by atoms with Gasteiger partial charge in [-0.25, -0.2) is 4.98 Å². The Hall–Kier alpha value is -3.70. The molecule has 8 aliphatic carbocycles. The van der Waals surface area contributed by atoms with E-state index in [1.165, 1.54) is 118 Å². The summed E-state index contributed by atoms with van der Waals surface area (Å²) in [6.07, 6.45) is 18.0. The van der Waals surface area contributed by atoms with Gasteiger partial charge < -0.3 is 15.1 Å². The van der Waals surface area contributed by atoms with Gasteiger partial charge in [0.05, 0.1) is 11.4 Å². The number of aromatic hydroxyl groups is 2. The van der Waals surface area contributed by atoms with E-state index in [-0.39, 0.29) is 36.7 Å². The zero-order chi connectivity index (χ0) is 39.6. The number of pyridine rings is 1. The van der Waals surface area contributed by atoms with Gasteiger partial charge in [0.2, 0.25) is 0 Å². The molecule has 0 spiro atoms. The molecule has 0 amide bonds. The molecule has 8 saturated carbocycles. The van der Waals surface area contributed by atoms with Crippen LogP contribution in [0.15, 0.2) is 84.9 Å². The van der Waals surface area contributed by atoms with Crippen LogP contribution in [0, 0.1) is 49.4 Å². The van der Waals surface area contributed by atoms with E-state index in [9.17, 15) is 10.2 Å². The summed E-state index contributed by atoms with van der Waals surface area (Å²) in [6.45, 7) is 6.50. The van der Waals surface area contributed by atoms with Crippen molar-refractivity contribution in [2.75, 3.05) is 18.0 Å². The van der Waals surface area contributed by atoms with Crippen molar-refractivity contribution >= 4 is 5.69 Å². The number of aryl methyl sites for hydroxylation is 2. The molecule has 9 fully saturated rings. The van der Waals surface area contributed by atoms with Crippen molar-refractivity contribution in [2.45, 2.75) is 115 Å². The molecule has 5 aromatic rings. The van der Waals surface area contributed by atoms with Crippen LogP contribution < -0.4 is 4.90 Å². The smallest absolute Gasteiger partial charge is 0.127 e. The minimum absolute atomic E-state index is 0. The first-order valence-corrected chi connectivity index (χ1v) is 23.3. The first kappa shape index (κ1) is 39.2. The second-order valence-electron chi connectivity index (χ2n) is 21.2. The third kappa shape index (κ3) is 6.40. The number of phenols is 2. The number of hydrogen-bond donors (Lipinski definition) is 2. The van der Waals surface area contributed by atoms with Gasteiger partial charge in [0.1, 0.15) is 11.5 Å². The molecule has 0 atom stereocenters. The number of aromatic nitrogens is 1. The van der Waals surface area contributed by atoms with Gasteiger partial charge in [-0.05, 0) is 197 Å². The van der Waals surface area contributed by atoms with Gasteiger partial charge in [0.15, 0.2) is 0 Å². The summed E-state index contributed by atoms with van der Waals surface area (Å²) < 4.78 is 0. The van der Waals surface area contributed by atoms with Crippen LogP contribution in [0.4, 0.5) is 5.69 Å². The Bertz CT molecular complexity index is 2270. The van der Waals surface area contributed by atoms with Crippen LogP contribution in [0.2, 0.25) is 0 Å². The summed E-state index contributed by atoms with van der Waals surface area (Å²) in [4.78, 5) is 8.10. The summed E-state index contributed by atoms with van der Waals surface area (Å²) >= 11 is 0. The van der Waals surface area contributed by atoms with Crippen molar-refractivity contribution in [2.24, 2.45) is 35.5 Å². The van der Waals surface area contributed by atoms with E-state index in [4.69, 9.17) is 4.98 Å². The Morgan fingerprint density at radius 3 is 1.20 bits per heavy atom. The van der Waals surface area contributed by atoms with Gasteiger partial charge in [0.25, 0.3) is 0 Å². The van der Waals surface area contributed by atoms with Crippen molar-refractivity contribution in [1.29, 1.82) is 0 Å². The maximum atomic E-state index is 12.5. The fourth-order valence-electron chi connectivity index (χ4n) is 15.5. The molecule has 14 rings (SSSR count). The molecule has 4 aromatic carbocycles. The number of rotatable bonds is 7. The van der Waals surface area contributed by atoms with Crippen LogP contribution in [0.3, 0.4) is 0 Å². The third-order valence-corrected chi connectivity index (χ3v) is 17.0. The summed E-state index contributed by atoms with van der Waals surface area (Å²) in [5, 5.41) is 25.0. The van der Waals surface area contributed by atoms with Gasteiger partial charge in [-0.1, -0.05) is 60.7 Å². The number of anilines is 1. The molecule has 306 valence electrons. The fourth-order valence-corrected chi connectivity index (χ4v) is 15.5. The van der Waals surface area contributed by atoms with Gasteiger partial charge in [-0.3, -0.25) is 0 Å². The normalized spacial score (nSPS) is 30.9. The zero-order valence-corrected chi connectivity index (χ0v) is 39.2. The molecule has 1 aromatic heterocycles. The van der Waals surface area contributed by atoms with Crippen LogP contribution >= 0.6 is 0 Å². The summed E-state index contributed by atoms with van der Waals surface area (Å²) in [5.74, 6) is 5.80. The van der Waals surface area contributed by atoms with Crippen molar-refractivity contribution in [3.63, 3.8) is 0 Å². The second-order valence-corrected chi connectivity index (χ2v) is 21.2. The molecule has 4 nitrogen and oxygen atoms in total. The van der Waals surface area contributed by atoms with E-state index in [0.717, 1.165) is 93.4 Å². The molecule has 60 heavy (non-hydrogen) atoms. The van der Waals surface area contributed by atoms with Crippen molar-refractivity contribution in [3.05, 3.63) is 107 Å². The van der Waals surface area contributed by atoms with E-state index in [1.54, 1.807) is 0 Å². The summed E-state index contributed by atoms with van der Waals surface area (Å²) in [5.41, 5.74) is 14.1. The topological polar surface area (TPSA) is 56.6 Å². The first-order valence-electron chi connectivity index (χ1n) is 23.3. The van der Waals surface area contributed by atoms with E-state index in [0.29, 0.717) is 11.5 Å². The van der Waals surface area contributed by atoms with Crippen LogP contribution in [0.25, 0.3) is 44.8 Å². The van der Waals surface area contributed by atoms with Crippen LogP contribution in [-0.4, -0.2) is 28.3 Å². The molecule has 1 aliphatic heterocycles. The molecule has 8 bridgehead atoms. The summed E-state index contributed by atoms with van der Waals surface area (Å²) in [7, 11) is 0. The molecular weight excluding hydrogens is 899 g/mol. The van der Waals surface area contributed by atoms with Crippen molar-refractivity contribution in [3.8, 4) is 56.3 Å². The van der Waals surface area contributed by atoms with Gasteiger partial charge in [-0.2, -0.15) is 0 Å². The molecule has 9 aliphatic rings. The number of benzene rings is 4. The molecule has 0 radical (unpaired) electrons. The summed E-state index contributed by atoms with van der Waals surface area (Å²) in [6, 6.07) is 30.9. The predicted molar refractivity (Wildman–Crippen MR) is 240 cm³/mol. The molecule has 0 unspecified atom stereocenters.